The fourth-order valence-electron chi connectivity index (χ4n) is 5.91. The lowest BCUT2D eigenvalue weighted by Gasteiger charge is -2.10. The highest BCUT2D eigenvalue weighted by molar-refractivity contribution is 6.10. The van der Waals surface area contributed by atoms with Gasteiger partial charge in [0.1, 0.15) is 0 Å². The molecular formula is C36H44N8. The molecule has 0 radical (unpaired) electrons. The molecule has 9 N–H and O–H groups in total. The average Bonchev–Trinajstić information content (AvgIpc) is 3.33. The van der Waals surface area contributed by atoms with Gasteiger partial charge in [-0.25, -0.2) is 0 Å². The largest absolute Gasteiger partial charge is 0.370 e. The number of rotatable bonds is 14. The highest BCUT2D eigenvalue weighted by Crippen LogP contribution is 2.35. The molecule has 44 heavy (non-hydrogen) atoms. The predicted octanol–water partition coefficient (Wildman–Crippen LogP) is 5.15. The number of aromatic nitrogens is 1. The Kier molecular flexibility index (Phi) is 10.1. The fraction of sp³-hybridized carbons (Fsp3) is 0.278. The third kappa shape index (κ3) is 7.57. The molecule has 0 fully saturated rings. The van der Waals surface area contributed by atoms with Crippen LogP contribution in [-0.2, 0) is 19.4 Å². The van der Waals surface area contributed by atoms with Crippen LogP contribution in [0, 0.1) is 0 Å². The molecule has 8 heteroatoms. The maximum absolute atomic E-state index is 5.62. The van der Waals surface area contributed by atoms with E-state index in [0.717, 1.165) is 45.2 Å². The number of nitrogens with zero attached hydrogens (tertiary/aromatic N) is 3. The number of aryl methyl sites for hydroxylation is 3. The van der Waals surface area contributed by atoms with Crippen LogP contribution >= 0.6 is 0 Å². The second-order valence-corrected chi connectivity index (χ2v) is 11.3. The van der Waals surface area contributed by atoms with Gasteiger partial charge in [-0.2, -0.15) is 0 Å². The molecule has 0 spiro atoms. The van der Waals surface area contributed by atoms with Gasteiger partial charge in [0.2, 0.25) is 0 Å². The number of hydrogen-bond donors (Lipinski definition) is 5. The molecule has 0 amide bonds. The zero-order valence-electron chi connectivity index (χ0n) is 25.6. The lowest BCUT2D eigenvalue weighted by atomic mass is 9.98. The number of nitrogens with one attached hydrogen (secondary N) is 1. The van der Waals surface area contributed by atoms with Crippen molar-refractivity contribution in [1.82, 2.24) is 9.88 Å². The average molecular weight is 589 g/mol. The molecule has 0 unspecified atom stereocenters. The van der Waals surface area contributed by atoms with Crippen LogP contribution in [0.15, 0.2) is 94.9 Å². The SMILES string of the molecule is CNCCCc1cccc(-c2ccc3c4ccc(-c5cccc(CCCN=C(N)N)c5)cc4n(CCCN=C(N)N)c3c2)c1. The molecule has 0 aliphatic carbocycles. The summed E-state index contributed by atoms with van der Waals surface area (Å²) in [6, 6.07) is 31.3. The van der Waals surface area contributed by atoms with Crippen molar-refractivity contribution in [2.45, 2.75) is 38.6 Å². The Balaban J connectivity index is 1.52. The van der Waals surface area contributed by atoms with Crippen molar-refractivity contribution in [3.05, 3.63) is 96.1 Å². The highest BCUT2D eigenvalue weighted by Gasteiger charge is 2.14. The van der Waals surface area contributed by atoms with Gasteiger partial charge in [0.25, 0.3) is 0 Å². The maximum Gasteiger partial charge on any atom is 0.185 e. The molecule has 0 aliphatic rings. The number of benzene rings is 4. The zero-order chi connectivity index (χ0) is 30.9. The number of aliphatic imine (C=N–C) groups is 2. The quantitative estimate of drug-likeness (QED) is 0.0692. The number of fused-ring (bicyclic) bond motifs is 3. The molecule has 5 aromatic rings. The van der Waals surface area contributed by atoms with Gasteiger partial charge in [-0.15, -0.1) is 0 Å². The van der Waals surface area contributed by atoms with Crippen molar-refractivity contribution in [2.75, 3.05) is 26.7 Å². The topological polar surface area (TPSA) is 146 Å². The van der Waals surface area contributed by atoms with E-state index in [2.05, 4.69) is 105 Å². The lowest BCUT2D eigenvalue weighted by Crippen LogP contribution is -2.23. The normalized spacial score (nSPS) is 11.2. The van der Waals surface area contributed by atoms with Gasteiger partial charge in [-0.05, 0) is 91.2 Å². The standard InChI is InChI=1S/C36H44N8/c1-41-17-4-9-25-7-2-11-27(21-25)29-13-15-31-32-16-14-30(28-12-3-8-26(22-28)10-5-18-42-35(37)38)24-34(32)44(33(31)23-29)20-6-19-43-36(39)40/h2-3,7-8,11-16,21-24,41H,4-6,9-10,17-20H2,1H3,(H4,37,38,42)(H4,39,40,43). The summed E-state index contributed by atoms with van der Waals surface area (Å²) in [5.41, 5.74) is 32.1. The van der Waals surface area contributed by atoms with Gasteiger partial charge < -0.3 is 32.8 Å². The summed E-state index contributed by atoms with van der Waals surface area (Å²) in [5, 5.41) is 5.73. The molecule has 0 saturated carbocycles. The van der Waals surface area contributed by atoms with E-state index in [1.165, 1.54) is 55.2 Å². The minimum atomic E-state index is 0.129. The smallest absolute Gasteiger partial charge is 0.185 e. The third-order valence-corrected chi connectivity index (χ3v) is 8.03. The first kappa shape index (κ1) is 30.6. The van der Waals surface area contributed by atoms with E-state index < -0.39 is 0 Å². The summed E-state index contributed by atoms with van der Waals surface area (Å²) >= 11 is 0. The first-order chi connectivity index (χ1) is 21.4. The van der Waals surface area contributed by atoms with Gasteiger partial charge in [-0.1, -0.05) is 72.8 Å². The molecule has 0 bridgehead atoms. The number of hydrogen-bond acceptors (Lipinski definition) is 3. The van der Waals surface area contributed by atoms with Crippen LogP contribution in [0.3, 0.4) is 0 Å². The Morgan fingerprint density at radius 1 is 0.614 bits per heavy atom. The van der Waals surface area contributed by atoms with Crippen LogP contribution in [-0.4, -0.2) is 43.2 Å². The van der Waals surface area contributed by atoms with Crippen molar-refractivity contribution in [3.8, 4) is 22.3 Å². The minimum Gasteiger partial charge on any atom is -0.370 e. The molecule has 8 nitrogen and oxygen atoms in total. The summed E-state index contributed by atoms with van der Waals surface area (Å²) in [4.78, 5) is 8.35. The Hall–Kier alpha value is -4.82. The van der Waals surface area contributed by atoms with E-state index in [1.54, 1.807) is 0 Å². The van der Waals surface area contributed by atoms with Crippen molar-refractivity contribution in [2.24, 2.45) is 32.9 Å². The van der Waals surface area contributed by atoms with Gasteiger partial charge in [-0.3, -0.25) is 9.98 Å². The maximum atomic E-state index is 5.62. The Morgan fingerprint density at radius 2 is 1.11 bits per heavy atom. The first-order valence-corrected chi connectivity index (χ1v) is 15.4. The summed E-state index contributed by atoms with van der Waals surface area (Å²) in [5.74, 6) is 0.270. The molecule has 4 aromatic carbocycles. The third-order valence-electron chi connectivity index (χ3n) is 8.03. The van der Waals surface area contributed by atoms with Gasteiger partial charge >= 0.3 is 0 Å². The first-order valence-electron chi connectivity index (χ1n) is 15.4. The van der Waals surface area contributed by atoms with Crippen molar-refractivity contribution in [1.29, 1.82) is 0 Å². The van der Waals surface area contributed by atoms with Gasteiger partial charge in [0.15, 0.2) is 11.9 Å². The second kappa shape index (κ2) is 14.6. The molecule has 1 heterocycles. The molecule has 228 valence electrons. The molecule has 0 saturated heterocycles. The predicted molar refractivity (Wildman–Crippen MR) is 187 cm³/mol. The summed E-state index contributed by atoms with van der Waals surface area (Å²) in [7, 11) is 2.00. The van der Waals surface area contributed by atoms with E-state index >= 15 is 0 Å². The summed E-state index contributed by atoms with van der Waals surface area (Å²) in [6.45, 7) is 3.03. The van der Waals surface area contributed by atoms with Gasteiger partial charge in [0.05, 0.1) is 0 Å². The molecule has 1 aromatic heterocycles. The second-order valence-electron chi connectivity index (χ2n) is 11.3. The minimum absolute atomic E-state index is 0.129. The van der Waals surface area contributed by atoms with E-state index in [0.29, 0.717) is 13.1 Å². The fourth-order valence-corrected chi connectivity index (χ4v) is 5.91. The van der Waals surface area contributed by atoms with E-state index in [1.807, 2.05) is 7.05 Å². The Bertz CT molecular complexity index is 1770. The van der Waals surface area contributed by atoms with Crippen LogP contribution in [0.25, 0.3) is 44.1 Å². The Labute approximate surface area is 259 Å². The van der Waals surface area contributed by atoms with Crippen LogP contribution in [0.2, 0.25) is 0 Å². The zero-order valence-corrected chi connectivity index (χ0v) is 25.6. The van der Waals surface area contributed by atoms with E-state index in [4.69, 9.17) is 22.9 Å². The van der Waals surface area contributed by atoms with Crippen LogP contribution in [0.1, 0.15) is 30.4 Å². The monoisotopic (exact) mass is 588 g/mol. The van der Waals surface area contributed by atoms with Gasteiger partial charge in [0, 0.05) is 41.4 Å². The Morgan fingerprint density at radius 3 is 1.64 bits per heavy atom. The number of guanidine groups is 2. The van der Waals surface area contributed by atoms with Crippen molar-refractivity contribution >= 4 is 33.7 Å². The summed E-state index contributed by atoms with van der Waals surface area (Å²) < 4.78 is 2.43. The highest BCUT2D eigenvalue weighted by atomic mass is 15.0. The molecular weight excluding hydrogens is 544 g/mol. The van der Waals surface area contributed by atoms with Crippen molar-refractivity contribution in [3.63, 3.8) is 0 Å². The van der Waals surface area contributed by atoms with Crippen LogP contribution in [0.5, 0.6) is 0 Å². The lowest BCUT2D eigenvalue weighted by molar-refractivity contribution is 0.687. The van der Waals surface area contributed by atoms with Crippen LogP contribution in [0.4, 0.5) is 0 Å². The molecule has 5 rings (SSSR count). The molecule has 0 aliphatic heterocycles. The molecule has 0 atom stereocenters. The van der Waals surface area contributed by atoms with E-state index in [9.17, 15) is 0 Å². The van der Waals surface area contributed by atoms with Crippen molar-refractivity contribution < 1.29 is 0 Å². The van der Waals surface area contributed by atoms with Crippen LogP contribution < -0.4 is 28.3 Å². The number of nitrogens with two attached hydrogens (primary N) is 4. The van der Waals surface area contributed by atoms with E-state index in [-0.39, 0.29) is 11.9 Å². The summed E-state index contributed by atoms with van der Waals surface area (Å²) in [6.07, 6.45) is 4.81.